The largest absolute Gasteiger partial charge is 0.335 e. The van der Waals surface area contributed by atoms with E-state index in [0.29, 0.717) is 31.0 Å². The zero-order valence-electron chi connectivity index (χ0n) is 15.1. The van der Waals surface area contributed by atoms with E-state index in [9.17, 15) is 13.2 Å². The fourth-order valence-corrected chi connectivity index (χ4v) is 5.89. The molecule has 0 radical (unpaired) electrons. The first-order valence-corrected chi connectivity index (χ1v) is 11.2. The van der Waals surface area contributed by atoms with Crippen molar-refractivity contribution in [2.75, 3.05) is 24.5 Å². The molecule has 1 saturated heterocycles. The maximum absolute atomic E-state index is 12.7. The first-order chi connectivity index (χ1) is 12.6. The van der Waals surface area contributed by atoms with Crippen molar-refractivity contribution in [3.63, 3.8) is 0 Å². The van der Waals surface area contributed by atoms with Crippen LogP contribution in [0.5, 0.6) is 0 Å². The molecule has 2 aliphatic heterocycles. The van der Waals surface area contributed by atoms with Gasteiger partial charge in [0.1, 0.15) is 0 Å². The molecule has 6 nitrogen and oxygen atoms in total. The third kappa shape index (κ3) is 3.34. The number of hydrogen-bond acceptors (Lipinski definition) is 3. The van der Waals surface area contributed by atoms with E-state index < -0.39 is 10.0 Å². The van der Waals surface area contributed by atoms with Gasteiger partial charge in [0.25, 0.3) is 0 Å². The number of carbonyl (C=O) groups excluding carboxylic acids is 1. The number of hydrogen-bond donors (Lipinski definition) is 1. The van der Waals surface area contributed by atoms with Crippen LogP contribution in [0.4, 0.5) is 10.5 Å². The fourth-order valence-electron chi connectivity index (χ4n) is 4.33. The van der Waals surface area contributed by atoms with E-state index >= 15 is 0 Å². The molecular formula is C19H27N3O3S. The van der Waals surface area contributed by atoms with Gasteiger partial charge in [0.2, 0.25) is 10.0 Å². The molecule has 2 fully saturated rings. The van der Waals surface area contributed by atoms with Gasteiger partial charge < -0.3 is 5.32 Å². The second kappa shape index (κ2) is 7.19. The number of rotatable bonds is 3. The Morgan fingerprint density at radius 1 is 1.00 bits per heavy atom. The number of carbonyl (C=O) groups is 1. The first-order valence-electron chi connectivity index (χ1n) is 9.77. The van der Waals surface area contributed by atoms with Crippen molar-refractivity contribution in [1.82, 2.24) is 9.62 Å². The molecule has 1 aromatic carbocycles. The normalized spacial score (nSPS) is 21.8. The lowest BCUT2D eigenvalue weighted by atomic mass is 9.96. The van der Waals surface area contributed by atoms with Gasteiger partial charge >= 0.3 is 6.03 Å². The molecule has 1 aliphatic carbocycles. The van der Waals surface area contributed by atoms with Crippen LogP contribution in [0.2, 0.25) is 0 Å². The average Bonchev–Trinajstić information content (AvgIpc) is 3.32. The Balaban J connectivity index is 1.50. The summed E-state index contributed by atoms with van der Waals surface area (Å²) in [6.07, 6.45) is 8.29. The molecule has 2 amide bonds. The molecule has 0 spiro atoms. The number of urea groups is 1. The topological polar surface area (TPSA) is 69.7 Å². The molecule has 142 valence electrons. The van der Waals surface area contributed by atoms with Gasteiger partial charge in [-0.05, 0) is 55.9 Å². The minimum Gasteiger partial charge on any atom is -0.335 e. The predicted molar refractivity (Wildman–Crippen MR) is 101 cm³/mol. The second-order valence-corrected chi connectivity index (χ2v) is 9.53. The Bertz CT molecular complexity index is 781. The summed E-state index contributed by atoms with van der Waals surface area (Å²) in [5.74, 6) is 0. The van der Waals surface area contributed by atoms with Gasteiger partial charge in [-0.15, -0.1) is 0 Å². The molecule has 1 saturated carbocycles. The number of sulfonamides is 1. The number of benzene rings is 1. The zero-order chi connectivity index (χ0) is 18.1. The third-order valence-electron chi connectivity index (χ3n) is 5.83. The molecule has 7 heteroatoms. The van der Waals surface area contributed by atoms with Gasteiger partial charge in [0.05, 0.1) is 4.90 Å². The quantitative estimate of drug-likeness (QED) is 0.881. The van der Waals surface area contributed by atoms with E-state index in [1.165, 1.54) is 19.3 Å². The Morgan fingerprint density at radius 3 is 2.46 bits per heavy atom. The molecule has 0 unspecified atom stereocenters. The molecule has 26 heavy (non-hydrogen) atoms. The lowest BCUT2D eigenvalue weighted by Crippen LogP contribution is -2.45. The number of amides is 2. The van der Waals surface area contributed by atoms with Crippen LogP contribution in [0.1, 0.15) is 50.5 Å². The molecular weight excluding hydrogens is 350 g/mol. The van der Waals surface area contributed by atoms with Gasteiger partial charge in [-0.1, -0.05) is 19.3 Å². The van der Waals surface area contributed by atoms with E-state index in [-0.39, 0.29) is 12.1 Å². The lowest BCUT2D eigenvalue weighted by Gasteiger charge is -2.26. The van der Waals surface area contributed by atoms with Crippen LogP contribution in [0, 0.1) is 0 Å². The number of nitrogens with zero attached hydrogens (tertiary/aromatic N) is 2. The summed E-state index contributed by atoms with van der Waals surface area (Å²) in [5, 5.41) is 3.15. The summed E-state index contributed by atoms with van der Waals surface area (Å²) >= 11 is 0. The SMILES string of the molecule is O=C(NC1CCCCC1)N1CCc2cc(S(=O)(=O)N3CCCC3)ccc21. The molecule has 0 bridgehead atoms. The highest BCUT2D eigenvalue weighted by Crippen LogP contribution is 2.32. The number of anilines is 1. The molecule has 3 aliphatic rings. The van der Waals surface area contributed by atoms with Crippen LogP contribution in [0.3, 0.4) is 0 Å². The fraction of sp³-hybridized carbons (Fsp3) is 0.632. The maximum Gasteiger partial charge on any atom is 0.322 e. The monoisotopic (exact) mass is 377 g/mol. The van der Waals surface area contributed by atoms with Gasteiger partial charge in [-0.25, -0.2) is 13.2 Å². The van der Waals surface area contributed by atoms with Crippen LogP contribution in [-0.4, -0.2) is 44.4 Å². The number of nitrogens with one attached hydrogen (secondary N) is 1. The Kier molecular flexibility index (Phi) is 4.92. The molecule has 4 rings (SSSR count). The van der Waals surface area contributed by atoms with Crippen molar-refractivity contribution in [3.05, 3.63) is 23.8 Å². The van der Waals surface area contributed by atoms with E-state index in [4.69, 9.17) is 0 Å². The molecule has 0 aromatic heterocycles. The number of fused-ring (bicyclic) bond motifs is 1. The second-order valence-electron chi connectivity index (χ2n) is 7.59. The van der Waals surface area contributed by atoms with Crippen LogP contribution in [-0.2, 0) is 16.4 Å². The zero-order valence-corrected chi connectivity index (χ0v) is 15.9. The molecule has 1 N–H and O–H groups in total. The minimum atomic E-state index is -3.41. The summed E-state index contributed by atoms with van der Waals surface area (Å²) in [4.78, 5) is 14.8. The van der Waals surface area contributed by atoms with Gasteiger partial charge in [0, 0.05) is 31.4 Å². The molecule has 0 atom stereocenters. The van der Waals surface area contributed by atoms with E-state index in [1.54, 1.807) is 27.4 Å². The first kappa shape index (κ1) is 17.8. The summed E-state index contributed by atoms with van der Waals surface area (Å²) in [7, 11) is -3.41. The van der Waals surface area contributed by atoms with Gasteiger partial charge in [-0.2, -0.15) is 4.31 Å². The molecule has 1 aromatic rings. The maximum atomic E-state index is 12.7. The summed E-state index contributed by atoms with van der Waals surface area (Å²) in [6, 6.07) is 5.43. The predicted octanol–water partition coefficient (Wildman–Crippen LogP) is 2.88. The lowest BCUT2D eigenvalue weighted by molar-refractivity contribution is 0.238. The van der Waals surface area contributed by atoms with E-state index in [0.717, 1.165) is 36.9 Å². The summed E-state index contributed by atoms with van der Waals surface area (Å²) in [6.45, 7) is 1.83. The smallest absolute Gasteiger partial charge is 0.322 e. The highest BCUT2D eigenvalue weighted by molar-refractivity contribution is 7.89. The van der Waals surface area contributed by atoms with Gasteiger partial charge in [0.15, 0.2) is 0 Å². The van der Waals surface area contributed by atoms with Crippen molar-refractivity contribution < 1.29 is 13.2 Å². The van der Waals surface area contributed by atoms with Crippen LogP contribution >= 0.6 is 0 Å². The van der Waals surface area contributed by atoms with Crippen LogP contribution in [0.15, 0.2) is 23.1 Å². The van der Waals surface area contributed by atoms with Crippen molar-refractivity contribution in [2.24, 2.45) is 0 Å². The molecule has 2 heterocycles. The highest BCUT2D eigenvalue weighted by Gasteiger charge is 2.31. The Labute approximate surface area is 155 Å². The average molecular weight is 378 g/mol. The Morgan fingerprint density at radius 2 is 1.73 bits per heavy atom. The standard InChI is InChI=1S/C19H27N3O3S/c23-19(20-16-6-2-1-3-7-16)22-13-10-15-14-17(8-9-18(15)22)26(24,25)21-11-4-5-12-21/h8-9,14,16H,1-7,10-13H2,(H,20,23). The van der Waals surface area contributed by atoms with Crippen molar-refractivity contribution in [3.8, 4) is 0 Å². The van der Waals surface area contributed by atoms with Crippen molar-refractivity contribution >= 4 is 21.7 Å². The van der Waals surface area contributed by atoms with Crippen LogP contribution in [0.25, 0.3) is 0 Å². The summed E-state index contributed by atoms with van der Waals surface area (Å²) in [5.41, 5.74) is 1.79. The third-order valence-corrected chi connectivity index (χ3v) is 7.72. The summed E-state index contributed by atoms with van der Waals surface area (Å²) < 4.78 is 27.1. The van der Waals surface area contributed by atoms with Crippen LogP contribution < -0.4 is 10.2 Å². The van der Waals surface area contributed by atoms with Crippen molar-refractivity contribution in [1.29, 1.82) is 0 Å². The van der Waals surface area contributed by atoms with E-state index in [1.807, 2.05) is 0 Å². The Hall–Kier alpha value is -1.60. The van der Waals surface area contributed by atoms with Crippen molar-refractivity contribution in [2.45, 2.75) is 62.3 Å². The minimum absolute atomic E-state index is 0.0502. The van der Waals surface area contributed by atoms with E-state index in [2.05, 4.69) is 5.32 Å². The highest BCUT2D eigenvalue weighted by atomic mass is 32.2. The van der Waals surface area contributed by atoms with Gasteiger partial charge in [-0.3, -0.25) is 4.90 Å².